The first-order chi connectivity index (χ1) is 9.63. The fourth-order valence-corrected chi connectivity index (χ4v) is 3.69. The molecule has 2 N–H and O–H groups in total. The molecule has 1 fully saturated rings. The molecular weight excluding hydrogens is 327 g/mol. The number of halogens is 2. The van der Waals surface area contributed by atoms with Crippen molar-refractivity contribution in [1.29, 1.82) is 0 Å². The molecule has 1 aromatic rings. The highest BCUT2D eigenvalue weighted by Gasteiger charge is 2.30. The molecule has 0 aromatic heterocycles. The lowest BCUT2D eigenvalue weighted by Gasteiger charge is -2.37. The van der Waals surface area contributed by atoms with Crippen molar-refractivity contribution in [2.45, 2.75) is 31.8 Å². The highest BCUT2D eigenvalue weighted by Crippen LogP contribution is 2.30. The molecule has 0 saturated carbocycles. The summed E-state index contributed by atoms with van der Waals surface area (Å²) in [6.45, 7) is 2.82. The Hall–Kier alpha value is -0.420. The van der Waals surface area contributed by atoms with E-state index in [2.05, 4.69) is 6.92 Å². The van der Waals surface area contributed by atoms with E-state index in [1.54, 1.807) is 0 Å². The lowest BCUT2D eigenvalue weighted by atomic mass is 10.0. The molecule has 0 bridgehead atoms. The molecule has 1 aliphatic heterocycles. The Bertz CT molecular complexity index is 455. The molecule has 1 saturated heterocycles. The Balaban J connectivity index is 0.00000220. The third-order valence-electron chi connectivity index (χ3n) is 3.58. The second-order valence-corrected chi connectivity index (χ2v) is 6.66. The molecule has 2 atom stereocenters. The van der Waals surface area contributed by atoms with Crippen LogP contribution in [-0.4, -0.2) is 34.9 Å². The van der Waals surface area contributed by atoms with Gasteiger partial charge in [0.25, 0.3) is 0 Å². The number of nitrogens with two attached hydrogens (primary N) is 1. The summed E-state index contributed by atoms with van der Waals surface area (Å²) < 4.78 is 0. The van der Waals surface area contributed by atoms with Gasteiger partial charge in [0.05, 0.1) is 12.1 Å². The van der Waals surface area contributed by atoms with Crippen LogP contribution < -0.4 is 5.73 Å². The monoisotopic (exact) mass is 348 g/mol. The minimum atomic E-state index is -0.377. The number of benzene rings is 1. The standard InChI is InChI=1S/C15H21ClN2OS.ClH/c1-2-3-13(17)15(19)18-8-9-20-10-14(18)11-4-6-12(16)7-5-11;/h4-7,13-14H,2-3,8-10,17H2,1H3;1H. The van der Waals surface area contributed by atoms with E-state index >= 15 is 0 Å². The van der Waals surface area contributed by atoms with Crippen LogP contribution in [0, 0.1) is 0 Å². The van der Waals surface area contributed by atoms with E-state index in [9.17, 15) is 4.79 Å². The Kier molecular flexibility index (Phi) is 7.88. The number of nitrogens with zero attached hydrogens (tertiary/aromatic N) is 1. The van der Waals surface area contributed by atoms with Crippen molar-refractivity contribution in [1.82, 2.24) is 4.90 Å². The van der Waals surface area contributed by atoms with Crippen LogP contribution in [0.4, 0.5) is 0 Å². The van der Waals surface area contributed by atoms with Gasteiger partial charge in [-0.25, -0.2) is 0 Å². The van der Waals surface area contributed by atoms with Crippen LogP contribution in [0.1, 0.15) is 31.4 Å². The number of hydrogen-bond donors (Lipinski definition) is 1. The molecule has 1 aromatic carbocycles. The first kappa shape index (κ1) is 18.6. The van der Waals surface area contributed by atoms with E-state index in [-0.39, 0.29) is 30.4 Å². The summed E-state index contributed by atoms with van der Waals surface area (Å²) in [5.74, 6) is 1.98. The summed E-state index contributed by atoms with van der Waals surface area (Å²) in [4.78, 5) is 14.4. The molecule has 0 radical (unpaired) electrons. The fraction of sp³-hybridized carbons (Fsp3) is 0.533. The smallest absolute Gasteiger partial charge is 0.240 e. The zero-order chi connectivity index (χ0) is 14.5. The maximum atomic E-state index is 12.5. The minimum Gasteiger partial charge on any atom is -0.333 e. The van der Waals surface area contributed by atoms with E-state index < -0.39 is 0 Å². The number of thioether (sulfide) groups is 1. The number of hydrogen-bond acceptors (Lipinski definition) is 3. The molecule has 3 nitrogen and oxygen atoms in total. The van der Waals surface area contributed by atoms with Crippen LogP contribution in [0.2, 0.25) is 5.02 Å². The Morgan fingerprint density at radius 3 is 2.76 bits per heavy atom. The Labute approximate surface area is 142 Å². The second-order valence-electron chi connectivity index (χ2n) is 5.07. The van der Waals surface area contributed by atoms with Gasteiger partial charge in [0.15, 0.2) is 0 Å². The van der Waals surface area contributed by atoms with Gasteiger partial charge in [0.1, 0.15) is 0 Å². The van der Waals surface area contributed by atoms with Crippen molar-refractivity contribution < 1.29 is 4.79 Å². The maximum Gasteiger partial charge on any atom is 0.240 e. The summed E-state index contributed by atoms with van der Waals surface area (Å²) in [7, 11) is 0. The van der Waals surface area contributed by atoms with Gasteiger partial charge in [-0.1, -0.05) is 37.1 Å². The summed E-state index contributed by atoms with van der Waals surface area (Å²) in [6.07, 6.45) is 1.68. The molecule has 1 heterocycles. The van der Waals surface area contributed by atoms with Gasteiger partial charge < -0.3 is 10.6 Å². The lowest BCUT2D eigenvalue weighted by Crippen LogP contribution is -2.48. The van der Waals surface area contributed by atoms with Crippen LogP contribution in [0.25, 0.3) is 0 Å². The molecular formula is C15H22Cl2N2OS. The molecule has 2 rings (SSSR count). The Morgan fingerprint density at radius 1 is 1.48 bits per heavy atom. The van der Waals surface area contributed by atoms with Crippen molar-refractivity contribution in [2.75, 3.05) is 18.1 Å². The van der Waals surface area contributed by atoms with Crippen LogP contribution in [0.3, 0.4) is 0 Å². The highest BCUT2D eigenvalue weighted by atomic mass is 35.5. The van der Waals surface area contributed by atoms with Crippen molar-refractivity contribution in [3.63, 3.8) is 0 Å². The van der Waals surface area contributed by atoms with Gasteiger partial charge in [0.2, 0.25) is 5.91 Å². The number of rotatable bonds is 4. The van der Waals surface area contributed by atoms with Crippen molar-refractivity contribution in [2.24, 2.45) is 5.73 Å². The van der Waals surface area contributed by atoms with Gasteiger partial charge in [-0.15, -0.1) is 12.4 Å². The molecule has 0 spiro atoms. The minimum absolute atomic E-state index is 0. The molecule has 1 amide bonds. The predicted molar refractivity (Wildman–Crippen MR) is 93.4 cm³/mol. The first-order valence-electron chi connectivity index (χ1n) is 7.02. The topological polar surface area (TPSA) is 46.3 Å². The van der Waals surface area contributed by atoms with Crippen LogP contribution in [0.5, 0.6) is 0 Å². The van der Waals surface area contributed by atoms with Crippen molar-refractivity contribution in [3.05, 3.63) is 34.9 Å². The molecule has 21 heavy (non-hydrogen) atoms. The second kappa shape index (κ2) is 8.89. The van der Waals surface area contributed by atoms with E-state index in [0.29, 0.717) is 0 Å². The van der Waals surface area contributed by atoms with Crippen LogP contribution in [-0.2, 0) is 4.79 Å². The van der Waals surface area contributed by atoms with Crippen molar-refractivity contribution >= 4 is 41.7 Å². The van der Waals surface area contributed by atoms with Crippen molar-refractivity contribution in [3.8, 4) is 0 Å². The van der Waals surface area contributed by atoms with Gasteiger partial charge in [-0.2, -0.15) is 11.8 Å². The van der Waals surface area contributed by atoms with E-state index in [4.69, 9.17) is 17.3 Å². The summed E-state index contributed by atoms with van der Waals surface area (Å²) >= 11 is 7.82. The number of amides is 1. The fourth-order valence-electron chi connectivity index (χ4n) is 2.48. The lowest BCUT2D eigenvalue weighted by molar-refractivity contribution is -0.134. The quantitative estimate of drug-likeness (QED) is 0.905. The van der Waals surface area contributed by atoms with E-state index in [1.807, 2.05) is 40.9 Å². The van der Waals surface area contributed by atoms with E-state index in [0.717, 1.165) is 41.5 Å². The third-order valence-corrected chi connectivity index (χ3v) is 4.86. The maximum absolute atomic E-state index is 12.5. The molecule has 118 valence electrons. The highest BCUT2D eigenvalue weighted by molar-refractivity contribution is 7.99. The molecule has 1 aliphatic rings. The molecule has 2 unspecified atom stereocenters. The number of carbonyl (C=O) groups is 1. The first-order valence-corrected chi connectivity index (χ1v) is 8.56. The van der Waals surface area contributed by atoms with Crippen LogP contribution >= 0.6 is 35.8 Å². The average Bonchev–Trinajstić information content (AvgIpc) is 2.47. The summed E-state index contributed by atoms with van der Waals surface area (Å²) in [5.41, 5.74) is 7.14. The third kappa shape index (κ3) is 4.78. The molecule has 0 aliphatic carbocycles. The SMILES string of the molecule is CCCC(N)C(=O)N1CCSCC1c1ccc(Cl)cc1.Cl. The van der Waals surface area contributed by atoms with Crippen LogP contribution in [0.15, 0.2) is 24.3 Å². The predicted octanol–water partition coefficient (Wildman–Crippen LogP) is 3.51. The van der Waals surface area contributed by atoms with Gasteiger partial charge in [-0.3, -0.25) is 4.79 Å². The normalized spacial score (nSPS) is 19.8. The summed E-state index contributed by atoms with van der Waals surface area (Å²) in [6, 6.07) is 7.50. The zero-order valence-corrected chi connectivity index (χ0v) is 14.5. The zero-order valence-electron chi connectivity index (χ0n) is 12.1. The van der Waals surface area contributed by atoms with E-state index in [1.165, 1.54) is 0 Å². The average molecular weight is 349 g/mol. The van der Waals surface area contributed by atoms with Gasteiger partial charge in [0, 0.05) is 23.1 Å². The summed E-state index contributed by atoms with van der Waals surface area (Å²) in [5, 5.41) is 0.720. The number of carbonyl (C=O) groups excluding carboxylic acids is 1. The largest absolute Gasteiger partial charge is 0.333 e. The Morgan fingerprint density at radius 2 is 2.14 bits per heavy atom. The molecule has 6 heteroatoms. The van der Waals surface area contributed by atoms with Gasteiger partial charge in [-0.05, 0) is 24.1 Å². The van der Waals surface area contributed by atoms with Gasteiger partial charge >= 0.3 is 0 Å².